The first kappa shape index (κ1) is 19.4. The fraction of sp³-hybridized carbons (Fsp3) is 0.333. The Labute approximate surface area is 148 Å². The van der Waals surface area contributed by atoms with E-state index in [1.165, 1.54) is 20.3 Å². The number of sulfonamides is 1. The minimum absolute atomic E-state index is 0.0405. The number of aliphatic hydroxyl groups is 1. The van der Waals surface area contributed by atoms with Crippen LogP contribution >= 0.6 is 0 Å². The van der Waals surface area contributed by atoms with Crippen molar-refractivity contribution in [3.05, 3.63) is 59.7 Å². The summed E-state index contributed by atoms with van der Waals surface area (Å²) in [7, 11) is -0.822. The molecule has 0 heterocycles. The average molecular weight is 365 g/mol. The first-order valence-electron chi connectivity index (χ1n) is 7.73. The zero-order valence-corrected chi connectivity index (χ0v) is 15.3. The summed E-state index contributed by atoms with van der Waals surface area (Å²) in [6.45, 7) is 1.44. The number of hydrogen-bond acceptors (Lipinski definition) is 5. The fourth-order valence-electron chi connectivity index (χ4n) is 2.57. The van der Waals surface area contributed by atoms with Gasteiger partial charge in [-0.1, -0.05) is 30.3 Å². The molecule has 0 saturated carbocycles. The molecule has 136 valence electrons. The van der Waals surface area contributed by atoms with Gasteiger partial charge in [0.05, 0.1) is 18.6 Å². The lowest BCUT2D eigenvalue weighted by Crippen LogP contribution is -2.44. The first-order chi connectivity index (χ1) is 11.8. The van der Waals surface area contributed by atoms with E-state index in [0.29, 0.717) is 16.9 Å². The van der Waals surface area contributed by atoms with E-state index < -0.39 is 15.6 Å². The molecular formula is C18H23NO5S. The van der Waals surface area contributed by atoms with Crippen LogP contribution in [-0.2, 0) is 20.4 Å². The normalized spacial score (nSPS) is 14.1. The second kappa shape index (κ2) is 7.97. The molecule has 25 heavy (non-hydrogen) atoms. The van der Waals surface area contributed by atoms with Crippen molar-refractivity contribution in [2.45, 2.75) is 17.4 Å². The molecule has 2 aromatic rings. The maximum atomic E-state index is 12.6. The largest absolute Gasteiger partial charge is 0.497 e. The molecule has 2 rings (SSSR count). The van der Waals surface area contributed by atoms with Crippen LogP contribution in [-0.4, -0.2) is 40.9 Å². The highest BCUT2D eigenvalue weighted by Crippen LogP contribution is 2.24. The van der Waals surface area contributed by atoms with Gasteiger partial charge in [0.1, 0.15) is 11.4 Å². The number of aryl methyl sites for hydroxylation is 1. The second-order valence-corrected chi connectivity index (χ2v) is 7.52. The molecule has 0 aliphatic heterocycles. The summed E-state index contributed by atoms with van der Waals surface area (Å²) in [6, 6.07) is 13.5. The molecule has 0 spiro atoms. The summed E-state index contributed by atoms with van der Waals surface area (Å²) in [5.74, 6) is 0.580. The summed E-state index contributed by atoms with van der Waals surface area (Å²) in [5.41, 5.74) is -0.337. The summed E-state index contributed by atoms with van der Waals surface area (Å²) < 4.78 is 37.9. The van der Waals surface area contributed by atoms with E-state index in [9.17, 15) is 13.5 Å². The fourth-order valence-corrected chi connectivity index (χ4v) is 3.88. The highest BCUT2D eigenvalue weighted by molar-refractivity contribution is 7.89. The lowest BCUT2D eigenvalue weighted by Gasteiger charge is -2.28. The van der Waals surface area contributed by atoms with Crippen LogP contribution in [0.25, 0.3) is 0 Å². The molecule has 0 aliphatic carbocycles. The van der Waals surface area contributed by atoms with Crippen molar-refractivity contribution in [2.75, 3.05) is 27.4 Å². The molecule has 0 amide bonds. The van der Waals surface area contributed by atoms with Crippen LogP contribution in [0.2, 0.25) is 0 Å². The van der Waals surface area contributed by atoms with Crippen LogP contribution in [0.4, 0.5) is 0 Å². The molecule has 0 bridgehead atoms. The molecule has 1 atom stereocenters. The van der Waals surface area contributed by atoms with E-state index in [2.05, 4.69) is 4.72 Å². The van der Waals surface area contributed by atoms with Crippen molar-refractivity contribution in [3.63, 3.8) is 0 Å². The summed E-state index contributed by atoms with van der Waals surface area (Å²) in [4.78, 5) is 0.140. The molecule has 1 unspecified atom stereocenters. The summed E-state index contributed by atoms with van der Waals surface area (Å²) >= 11 is 0. The van der Waals surface area contributed by atoms with E-state index in [4.69, 9.17) is 9.47 Å². The van der Waals surface area contributed by atoms with Gasteiger partial charge in [-0.05, 0) is 36.2 Å². The number of methoxy groups -OCH3 is 2. The molecule has 2 N–H and O–H groups in total. The molecule has 7 heteroatoms. The summed E-state index contributed by atoms with van der Waals surface area (Å²) in [5, 5.41) is 10.9. The molecule has 0 fully saturated rings. The van der Waals surface area contributed by atoms with E-state index in [-0.39, 0.29) is 18.0 Å². The Morgan fingerprint density at radius 2 is 1.80 bits per heavy atom. The third kappa shape index (κ3) is 4.58. The maximum absolute atomic E-state index is 12.6. The quantitative estimate of drug-likeness (QED) is 0.745. The highest BCUT2D eigenvalue weighted by Gasteiger charge is 2.31. The third-order valence-corrected chi connectivity index (χ3v) is 5.48. The Morgan fingerprint density at radius 1 is 1.12 bits per heavy atom. The topological polar surface area (TPSA) is 84.9 Å². The number of hydrogen-bond donors (Lipinski definition) is 2. The first-order valence-corrected chi connectivity index (χ1v) is 9.22. The molecule has 0 radical (unpaired) electrons. The average Bonchev–Trinajstić information content (AvgIpc) is 2.61. The Balaban J connectivity index is 2.25. The summed E-state index contributed by atoms with van der Waals surface area (Å²) in [6.07, 6.45) is 0. The van der Waals surface area contributed by atoms with E-state index >= 15 is 0 Å². The zero-order valence-electron chi connectivity index (χ0n) is 14.5. The van der Waals surface area contributed by atoms with Crippen molar-refractivity contribution in [1.29, 1.82) is 0 Å². The van der Waals surface area contributed by atoms with E-state index in [0.717, 1.165) is 0 Å². The Bertz CT molecular complexity index is 807. The van der Waals surface area contributed by atoms with Crippen molar-refractivity contribution in [1.82, 2.24) is 4.72 Å². The lowest BCUT2D eigenvalue weighted by atomic mass is 9.95. The minimum atomic E-state index is -3.80. The molecule has 0 aromatic heterocycles. The Kier molecular flexibility index (Phi) is 6.18. The number of ether oxygens (including phenoxy) is 2. The molecular weight excluding hydrogens is 342 g/mol. The van der Waals surface area contributed by atoms with Gasteiger partial charge in [-0.3, -0.25) is 0 Å². The van der Waals surface area contributed by atoms with Crippen molar-refractivity contribution in [2.24, 2.45) is 0 Å². The lowest BCUT2D eigenvalue weighted by molar-refractivity contribution is -0.0310. The van der Waals surface area contributed by atoms with Crippen LogP contribution in [0.3, 0.4) is 0 Å². The van der Waals surface area contributed by atoms with Crippen LogP contribution < -0.4 is 9.46 Å². The molecule has 2 aromatic carbocycles. The monoisotopic (exact) mass is 365 g/mol. The minimum Gasteiger partial charge on any atom is -0.497 e. The van der Waals surface area contributed by atoms with Gasteiger partial charge in [0.15, 0.2) is 0 Å². The Hall–Kier alpha value is -1.93. The van der Waals surface area contributed by atoms with Gasteiger partial charge in [-0.2, -0.15) is 0 Å². The second-order valence-electron chi connectivity index (χ2n) is 5.79. The van der Waals surface area contributed by atoms with Gasteiger partial charge < -0.3 is 14.6 Å². The third-order valence-electron chi connectivity index (χ3n) is 3.92. The van der Waals surface area contributed by atoms with Crippen LogP contribution in [0.5, 0.6) is 5.75 Å². The number of benzene rings is 2. The van der Waals surface area contributed by atoms with Crippen LogP contribution in [0.1, 0.15) is 11.1 Å². The van der Waals surface area contributed by atoms with Crippen molar-refractivity contribution >= 4 is 10.0 Å². The molecule has 0 saturated heterocycles. The maximum Gasteiger partial charge on any atom is 0.240 e. The molecule has 0 aliphatic rings. The van der Waals surface area contributed by atoms with Gasteiger partial charge in [-0.25, -0.2) is 13.1 Å². The van der Waals surface area contributed by atoms with Crippen molar-refractivity contribution in [3.8, 4) is 5.75 Å². The number of rotatable bonds is 8. The predicted molar refractivity (Wildman–Crippen MR) is 95.1 cm³/mol. The molecule has 6 nitrogen and oxygen atoms in total. The number of nitrogens with one attached hydrogen (secondary N) is 1. The van der Waals surface area contributed by atoms with Gasteiger partial charge in [0, 0.05) is 13.7 Å². The van der Waals surface area contributed by atoms with E-state index in [1.807, 2.05) is 6.07 Å². The Morgan fingerprint density at radius 3 is 2.36 bits per heavy atom. The SMILES string of the molecule is COCC(O)(CNS(=O)(=O)c1ccc(OC)cc1C)c1ccccc1. The predicted octanol–water partition coefficient (Wildman–Crippen LogP) is 1.82. The van der Waals surface area contributed by atoms with Gasteiger partial charge in [0.25, 0.3) is 0 Å². The standard InChI is InChI=1S/C18H23NO5S/c1-14-11-16(24-3)9-10-17(14)25(21,22)19-12-18(20,13-23-2)15-7-5-4-6-8-15/h4-11,19-20H,12-13H2,1-3H3. The van der Waals surface area contributed by atoms with Crippen molar-refractivity contribution < 1.29 is 23.0 Å². The van der Waals surface area contributed by atoms with Gasteiger partial charge in [-0.15, -0.1) is 0 Å². The smallest absolute Gasteiger partial charge is 0.240 e. The van der Waals surface area contributed by atoms with Gasteiger partial charge in [0.2, 0.25) is 10.0 Å². The van der Waals surface area contributed by atoms with Gasteiger partial charge >= 0.3 is 0 Å². The van der Waals surface area contributed by atoms with Crippen LogP contribution in [0.15, 0.2) is 53.4 Å². The van der Waals surface area contributed by atoms with Crippen LogP contribution in [0, 0.1) is 6.92 Å². The highest BCUT2D eigenvalue weighted by atomic mass is 32.2. The zero-order chi connectivity index (χ0) is 18.5. The van der Waals surface area contributed by atoms with E-state index in [1.54, 1.807) is 43.3 Å².